The summed E-state index contributed by atoms with van der Waals surface area (Å²) < 4.78 is 5.92. The summed E-state index contributed by atoms with van der Waals surface area (Å²) in [6.45, 7) is 4.57. The minimum atomic E-state index is -0.735. The van der Waals surface area contributed by atoms with Crippen LogP contribution in [0.25, 0.3) is 0 Å². The molecule has 2 heterocycles. The van der Waals surface area contributed by atoms with E-state index in [9.17, 15) is 14.4 Å². The number of hydrogen-bond donors (Lipinski definition) is 2. The maximum atomic E-state index is 13.8. The number of aliphatic hydroxyl groups excluding tert-OH is 1. The molecule has 2 saturated heterocycles. The second-order valence-corrected chi connectivity index (χ2v) is 12.3. The van der Waals surface area contributed by atoms with Gasteiger partial charge in [0.05, 0.1) is 0 Å². The number of hydrogen-bond acceptors (Lipinski definition) is 6. The van der Waals surface area contributed by atoms with Gasteiger partial charge >= 0.3 is 0 Å². The molecule has 2 amide bonds. The average molecular weight is 576 g/mol. The third kappa shape index (κ3) is 6.87. The minimum absolute atomic E-state index is 0.0499. The lowest BCUT2D eigenvalue weighted by Crippen LogP contribution is -2.73. The number of carbonyl (C=O) groups is 3. The first-order chi connectivity index (χ1) is 20.4. The zero-order valence-electron chi connectivity index (χ0n) is 24.9. The molecule has 42 heavy (non-hydrogen) atoms. The predicted octanol–water partition coefficient (Wildman–Crippen LogP) is 5.09. The van der Waals surface area contributed by atoms with Gasteiger partial charge in [-0.05, 0) is 73.6 Å². The quantitative estimate of drug-likeness (QED) is 0.363. The molecular formula is C34H45N3O5. The number of benzene rings is 2. The predicted molar refractivity (Wildman–Crippen MR) is 161 cm³/mol. The minimum Gasteiger partial charge on any atom is -0.457 e. The van der Waals surface area contributed by atoms with Crippen LogP contribution in [0.4, 0.5) is 0 Å². The molecule has 2 aromatic rings. The third-order valence-electron chi connectivity index (χ3n) is 9.41. The number of nitrogens with one attached hydrogen (secondary N) is 1. The summed E-state index contributed by atoms with van der Waals surface area (Å²) in [7, 11) is 0. The van der Waals surface area contributed by atoms with Crippen LogP contribution in [0.5, 0.6) is 11.5 Å². The highest BCUT2D eigenvalue weighted by atomic mass is 16.5. The lowest BCUT2D eigenvalue weighted by Gasteiger charge is -2.52. The van der Waals surface area contributed by atoms with Gasteiger partial charge in [0.15, 0.2) is 5.78 Å². The maximum Gasteiger partial charge on any atom is 0.246 e. The highest BCUT2D eigenvalue weighted by Crippen LogP contribution is 2.36. The number of carbonyl (C=O) groups excluding carboxylic acids is 3. The van der Waals surface area contributed by atoms with E-state index < -0.39 is 12.1 Å². The van der Waals surface area contributed by atoms with Crippen LogP contribution in [-0.2, 0) is 16.1 Å². The Bertz CT molecular complexity index is 1210. The van der Waals surface area contributed by atoms with Gasteiger partial charge in [-0.3, -0.25) is 19.3 Å². The van der Waals surface area contributed by atoms with Crippen LogP contribution >= 0.6 is 0 Å². The zero-order chi connectivity index (χ0) is 29.5. The van der Waals surface area contributed by atoms with Crippen molar-refractivity contribution >= 4 is 17.6 Å². The van der Waals surface area contributed by atoms with Crippen molar-refractivity contribution in [2.45, 2.75) is 89.3 Å². The monoisotopic (exact) mass is 575 g/mol. The average Bonchev–Trinajstić information content (AvgIpc) is 3.02. The van der Waals surface area contributed by atoms with Gasteiger partial charge in [-0.15, -0.1) is 0 Å². The molecule has 2 aliphatic heterocycles. The Hall–Kier alpha value is -3.23. The van der Waals surface area contributed by atoms with Gasteiger partial charge in [0, 0.05) is 31.7 Å². The van der Waals surface area contributed by atoms with Crippen molar-refractivity contribution in [1.29, 1.82) is 0 Å². The molecule has 2 aromatic carbocycles. The molecule has 0 unspecified atom stereocenters. The number of aliphatic hydroxyl groups is 1. The molecule has 0 aromatic heterocycles. The second-order valence-electron chi connectivity index (χ2n) is 12.3. The van der Waals surface area contributed by atoms with Crippen LogP contribution in [0.15, 0.2) is 48.5 Å². The Morgan fingerprint density at radius 3 is 2.24 bits per heavy atom. The fourth-order valence-corrected chi connectivity index (χ4v) is 6.87. The topological polar surface area (TPSA) is 99.2 Å². The van der Waals surface area contributed by atoms with Crippen molar-refractivity contribution in [2.75, 3.05) is 26.2 Å². The SMILES string of the molecule is CCCCN1C(=O)[C@H](CC2CCCCC2)NC(=O)C12CCN(Cc1ccc(Oc3ccc(C(=O)CO)cc3)cc1)CC2. The lowest BCUT2D eigenvalue weighted by molar-refractivity contribution is -0.162. The van der Waals surface area contributed by atoms with Gasteiger partial charge in [-0.25, -0.2) is 0 Å². The summed E-state index contributed by atoms with van der Waals surface area (Å²) in [6, 6.07) is 14.3. The Balaban J connectivity index is 1.17. The first kappa shape index (κ1) is 30.2. The summed E-state index contributed by atoms with van der Waals surface area (Å²) in [5.41, 5.74) is 0.869. The van der Waals surface area contributed by atoms with E-state index >= 15 is 0 Å². The Morgan fingerprint density at radius 1 is 0.976 bits per heavy atom. The van der Waals surface area contributed by atoms with Crippen LogP contribution in [-0.4, -0.2) is 70.3 Å². The van der Waals surface area contributed by atoms with Crippen molar-refractivity contribution in [3.63, 3.8) is 0 Å². The smallest absolute Gasteiger partial charge is 0.246 e. The van der Waals surface area contributed by atoms with Crippen LogP contribution in [0.1, 0.15) is 87.1 Å². The molecular weight excluding hydrogens is 530 g/mol. The molecule has 0 radical (unpaired) electrons. The number of ketones is 1. The van der Waals surface area contributed by atoms with Crippen LogP contribution in [0.3, 0.4) is 0 Å². The van der Waals surface area contributed by atoms with E-state index in [2.05, 4.69) is 17.1 Å². The van der Waals surface area contributed by atoms with E-state index in [4.69, 9.17) is 9.84 Å². The van der Waals surface area contributed by atoms with E-state index in [1.165, 1.54) is 32.1 Å². The van der Waals surface area contributed by atoms with Crippen molar-refractivity contribution in [3.05, 3.63) is 59.7 Å². The summed E-state index contributed by atoms with van der Waals surface area (Å²) in [4.78, 5) is 43.4. The summed E-state index contributed by atoms with van der Waals surface area (Å²) >= 11 is 0. The molecule has 226 valence electrons. The number of piperidine rings is 1. The normalized spacial score (nSPS) is 21.4. The largest absolute Gasteiger partial charge is 0.457 e. The number of Topliss-reactive ketones (excluding diaryl/α,β-unsaturated/α-hetero) is 1. The third-order valence-corrected chi connectivity index (χ3v) is 9.41. The number of unbranched alkanes of at least 4 members (excludes halogenated alkanes) is 1. The number of nitrogens with zero attached hydrogens (tertiary/aromatic N) is 2. The molecule has 0 bridgehead atoms. The Kier molecular flexibility index (Phi) is 9.95. The number of rotatable bonds is 11. The lowest BCUT2D eigenvalue weighted by atomic mass is 9.79. The van der Waals surface area contributed by atoms with Crippen LogP contribution in [0, 0.1) is 5.92 Å². The molecule has 5 rings (SSSR count). The molecule has 3 aliphatic rings. The second kappa shape index (κ2) is 13.8. The van der Waals surface area contributed by atoms with Crippen molar-refractivity contribution in [3.8, 4) is 11.5 Å². The Labute approximate surface area is 249 Å². The highest BCUT2D eigenvalue weighted by molar-refractivity contribution is 6.00. The molecule has 1 saturated carbocycles. The Morgan fingerprint density at radius 2 is 1.62 bits per heavy atom. The summed E-state index contributed by atoms with van der Waals surface area (Å²) in [5.74, 6) is 1.72. The van der Waals surface area contributed by atoms with E-state index in [0.29, 0.717) is 42.4 Å². The van der Waals surface area contributed by atoms with Crippen molar-refractivity contribution in [1.82, 2.24) is 15.1 Å². The van der Waals surface area contributed by atoms with E-state index in [1.54, 1.807) is 24.3 Å². The van der Waals surface area contributed by atoms with E-state index in [-0.39, 0.29) is 23.6 Å². The molecule has 8 heteroatoms. The molecule has 3 fully saturated rings. The number of amides is 2. The van der Waals surface area contributed by atoms with Crippen molar-refractivity contribution in [2.24, 2.45) is 5.92 Å². The number of ether oxygens (including phenoxy) is 1. The summed E-state index contributed by atoms with van der Waals surface area (Å²) in [6.07, 6.45) is 10.1. The van der Waals surface area contributed by atoms with Gasteiger partial charge in [0.1, 0.15) is 29.7 Å². The number of likely N-dealkylation sites (tertiary alicyclic amines) is 1. The highest BCUT2D eigenvalue weighted by Gasteiger charge is 2.53. The van der Waals surface area contributed by atoms with E-state index in [1.807, 2.05) is 29.2 Å². The van der Waals surface area contributed by atoms with Gasteiger partial charge in [0.25, 0.3) is 0 Å². The van der Waals surface area contributed by atoms with Gasteiger partial charge in [-0.1, -0.05) is 57.6 Å². The fourth-order valence-electron chi connectivity index (χ4n) is 6.87. The molecule has 8 nitrogen and oxygen atoms in total. The molecule has 1 spiro atoms. The summed E-state index contributed by atoms with van der Waals surface area (Å²) in [5, 5.41) is 12.2. The number of piperazine rings is 1. The molecule has 1 atom stereocenters. The van der Waals surface area contributed by atoms with Crippen LogP contribution < -0.4 is 10.1 Å². The van der Waals surface area contributed by atoms with Crippen LogP contribution in [0.2, 0.25) is 0 Å². The zero-order valence-corrected chi connectivity index (χ0v) is 24.9. The maximum absolute atomic E-state index is 13.8. The van der Waals surface area contributed by atoms with Gasteiger partial charge in [0.2, 0.25) is 11.8 Å². The molecule has 2 N–H and O–H groups in total. The van der Waals surface area contributed by atoms with Crippen molar-refractivity contribution < 1.29 is 24.2 Å². The van der Waals surface area contributed by atoms with Gasteiger partial charge in [-0.2, -0.15) is 0 Å². The van der Waals surface area contributed by atoms with Gasteiger partial charge < -0.3 is 20.1 Å². The molecule has 1 aliphatic carbocycles. The first-order valence-electron chi connectivity index (χ1n) is 15.8. The first-order valence-corrected chi connectivity index (χ1v) is 15.8. The fraction of sp³-hybridized carbons (Fsp3) is 0.559. The standard InChI is InChI=1S/C34H45N3O5/c1-2-3-19-37-32(40)30(22-25-7-5-4-6-8-25)35-33(41)34(37)17-20-36(21-18-34)23-26-9-13-28(14-10-26)42-29-15-11-27(12-16-29)31(39)24-38/h9-16,25,30,38H,2-8,17-24H2,1H3,(H,35,41)/t30-/m0/s1. The van der Waals surface area contributed by atoms with E-state index in [0.717, 1.165) is 44.5 Å².